The first-order valence-corrected chi connectivity index (χ1v) is 8.52. The monoisotopic (exact) mass is 369 g/mol. The number of anilines is 1. The van der Waals surface area contributed by atoms with E-state index in [2.05, 4.69) is 15.0 Å². The quantitative estimate of drug-likeness (QED) is 0.525. The van der Waals surface area contributed by atoms with E-state index in [1.54, 1.807) is 10.6 Å². The normalized spacial score (nSPS) is 22.8. The smallest absolute Gasteiger partial charge is 0.280 e. The fourth-order valence-corrected chi connectivity index (χ4v) is 3.19. The molecule has 0 saturated carbocycles. The first-order chi connectivity index (χ1) is 13.1. The summed E-state index contributed by atoms with van der Waals surface area (Å²) in [6, 6.07) is 9.62. The molecule has 27 heavy (non-hydrogen) atoms. The Labute approximate surface area is 153 Å². The molecule has 0 spiro atoms. The number of H-pyrrole nitrogens is 1. The van der Waals surface area contributed by atoms with E-state index < -0.39 is 24.0 Å². The second kappa shape index (κ2) is 6.95. The van der Waals surface area contributed by atoms with E-state index in [4.69, 9.17) is 10.5 Å². The SMILES string of the molecule is Nc1nc2c(nc(/C=C\c3ccccc3)n2[C@H]2C[C@H](O)[C@@H](CO)O2)c(=O)[nH]1. The molecule has 1 aliphatic rings. The van der Waals surface area contributed by atoms with Crippen molar-refractivity contribution in [2.75, 3.05) is 12.3 Å². The lowest BCUT2D eigenvalue weighted by Crippen LogP contribution is -2.24. The van der Waals surface area contributed by atoms with Gasteiger partial charge in [0.2, 0.25) is 5.95 Å². The van der Waals surface area contributed by atoms with Crippen LogP contribution >= 0.6 is 0 Å². The van der Waals surface area contributed by atoms with Crippen LogP contribution in [0.5, 0.6) is 0 Å². The number of aromatic amines is 1. The van der Waals surface area contributed by atoms with Gasteiger partial charge in [-0.3, -0.25) is 14.3 Å². The molecular formula is C18H19N5O4. The highest BCUT2D eigenvalue weighted by molar-refractivity contribution is 5.77. The standard InChI is InChI=1S/C18H19N5O4/c19-18-21-16-15(17(26)22-18)20-13(7-6-10-4-2-1-3-5-10)23(16)14-8-11(25)12(9-24)27-14/h1-7,11-12,14,24-25H,8-9H2,(H3,19,21,22,26)/b7-6-/t11-,12+,14+/m0/s1. The highest BCUT2D eigenvalue weighted by Crippen LogP contribution is 2.32. The predicted octanol–water partition coefficient (Wildman–Crippen LogP) is 0.513. The minimum Gasteiger partial charge on any atom is -0.394 e. The van der Waals surface area contributed by atoms with E-state index >= 15 is 0 Å². The van der Waals surface area contributed by atoms with Gasteiger partial charge in [0.1, 0.15) is 18.2 Å². The van der Waals surface area contributed by atoms with Crippen molar-refractivity contribution < 1.29 is 14.9 Å². The number of nitrogens with zero attached hydrogens (tertiary/aromatic N) is 3. The average molecular weight is 369 g/mol. The van der Waals surface area contributed by atoms with Crippen LogP contribution in [-0.4, -0.2) is 48.5 Å². The number of nitrogen functional groups attached to an aromatic ring is 1. The third-order valence-corrected chi connectivity index (χ3v) is 4.49. The van der Waals surface area contributed by atoms with E-state index in [-0.39, 0.29) is 30.1 Å². The molecular weight excluding hydrogens is 350 g/mol. The van der Waals surface area contributed by atoms with Crippen molar-refractivity contribution in [1.29, 1.82) is 0 Å². The predicted molar refractivity (Wildman–Crippen MR) is 99.6 cm³/mol. The molecule has 3 atom stereocenters. The van der Waals surface area contributed by atoms with Crippen molar-refractivity contribution >= 4 is 29.3 Å². The molecule has 1 saturated heterocycles. The van der Waals surface area contributed by atoms with Crippen LogP contribution in [0.1, 0.15) is 24.0 Å². The number of nitrogens with two attached hydrogens (primary N) is 1. The molecule has 3 aromatic rings. The summed E-state index contributed by atoms with van der Waals surface area (Å²) < 4.78 is 7.37. The first kappa shape index (κ1) is 17.4. The third kappa shape index (κ3) is 3.23. The van der Waals surface area contributed by atoms with Crippen molar-refractivity contribution in [2.24, 2.45) is 0 Å². The largest absolute Gasteiger partial charge is 0.394 e. The summed E-state index contributed by atoms with van der Waals surface area (Å²) in [6.45, 7) is -0.310. The van der Waals surface area contributed by atoms with Crippen LogP contribution in [0, 0.1) is 0 Å². The summed E-state index contributed by atoms with van der Waals surface area (Å²) in [5.41, 5.74) is 6.58. The topological polar surface area (TPSA) is 139 Å². The molecule has 9 nitrogen and oxygen atoms in total. The molecule has 9 heteroatoms. The molecule has 2 aromatic heterocycles. The Morgan fingerprint density at radius 3 is 2.78 bits per heavy atom. The first-order valence-electron chi connectivity index (χ1n) is 8.52. The number of hydrogen-bond acceptors (Lipinski definition) is 7. The molecule has 4 rings (SSSR count). The number of hydrogen-bond donors (Lipinski definition) is 4. The maximum atomic E-state index is 12.2. The number of ether oxygens (including phenoxy) is 1. The zero-order valence-corrected chi connectivity index (χ0v) is 14.3. The second-order valence-electron chi connectivity index (χ2n) is 6.32. The van der Waals surface area contributed by atoms with Gasteiger partial charge in [-0.1, -0.05) is 36.4 Å². The molecule has 1 fully saturated rings. The highest BCUT2D eigenvalue weighted by Gasteiger charge is 2.36. The van der Waals surface area contributed by atoms with Crippen LogP contribution in [0.4, 0.5) is 5.95 Å². The highest BCUT2D eigenvalue weighted by atomic mass is 16.5. The van der Waals surface area contributed by atoms with Gasteiger partial charge in [-0.15, -0.1) is 0 Å². The van der Waals surface area contributed by atoms with Crippen molar-refractivity contribution in [3.8, 4) is 0 Å². The number of nitrogens with one attached hydrogen (secondary N) is 1. The van der Waals surface area contributed by atoms with E-state index in [1.807, 2.05) is 36.4 Å². The number of aliphatic hydroxyl groups is 2. The maximum absolute atomic E-state index is 12.2. The lowest BCUT2D eigenvalue weighted by molar-refractivity contribution is -0.0433. The van der Waals surface area contributed by atoms with Crippen molar-refractivity contribution in [3.05, 3.63) is 52.1 Å². The molecule has 3 heterocycles. The Morgan fingerprint density at radius 1 is 1.30 bits per heavy atom. The van der Waals surface area contributed by atoms with E-state index in [0.29, 0.717) is 5.82 Å². The summed E-state index contributed by atoms with van der Waals surface area (Å²) in [6.07, 6.45) is 1.66. The molecule has 1 aliphatic heterocycles. The van der Waals surface area contributed by atoms with Gasteiger partial charge in [-0.25, -0.2) is 4.98 Å². The van der Waals surface area contributed by atoms with Gasteiger partial charge in [0, 0.05) is 6.42 Å². The zero-order chi connectivity index (χ0) is 19.0. The third-order valence-electron chi connectivity index (χ3n) is 4.49. The van der Waals surface area contributed by atoms with Crippen molar-refractivity contribution in [2.45, 2.75) is 24.9 Å². The average Bonchev–Trinajstić information content (AvgIpc) is 3.20. The Kier molecular flexibility index (Phi) is 4.48. The molecule has 0 radical (unpaired) electrons. The maximum Gasteiger partial charge on any atom is 0.280 e. The van der Waals surface area contributed by atoms with Crippen molar-refractivity contribution in [3.63, 3.8) is 0 Å². The van der Waals surface area contributed by atoms with Crippen LogP contribution in [-0.2, 0) is 4.74 Å². The van der Waals surface area contributed by atoms with E-state index in [9.17, 15) is 15.0 Å². The number of aromatic nitrogens is 4. The zero-order valence-electron chi connectivity index (χ0n) is 14.3. The molecule has 5 N–H and O–H groups in total. The van der Waals surface area contributed by atoms with E-state index in [0.717, 1.165) is 5.56 Å². The van der Waals surface area contributed by atoms with E-state index in [1.165, 1.54) is 0 Å². The number of aliphatic hydroxyl groups excluding tert-OH is 2. The van der Waals surface area contributed by atoms with Crippen molar-refractivity contribution in [1.82, 2.24) is 19.5 Å². The van der Waals surface area contributed by atoms with Crippen LogP contribution < -0.4 is 11.3 Å². The number of imidazole rings is 1. The fraction of sp³-hybridized carbons (Fsp3) is 0.278. The molecule has 0 amide bonds. The van der Waals surface area contributed by atoms with Gasteiger partial charge in [0.15, 0.2) is 11.2 Å². The van der Waals surface area contributed by atoms with Gasteiger partial charge < -0.3 is 20.7 Å². The van der Waals surface area contributed by atoms with Crippen LogP contribution in [0.3, 0.4) is 0 Å². The van der Waals surface area contributed by atoms with Gasteiger partial charge >= 0.3 is 0 Å². The lowest BCUT2D eigenvalue weighted by Gasteiger charge is -2.15. The molecule has 140 valence electrons. The Balaban J connectivity index is 1.84. The summed E-state index contributed by atoms with van der Waals surface area (Å²) >= 11 is 0. The summed E-state index contributed by atoms with van der Waals surface area (Å²) in [5, 5.41) is 19.4. The fourth-order valence-electron chi connectivity index (χ4n) is 3.19. The molecule has 1 aromatic carbocycles. The van der Waals surface area contributed by atoms with Gasteiger partial charge in [0.25, 0.3) is 5.56 Å². The van der Waals surface area contributed by atoms with Gasteiger partial charge in [-0.05, 0) is 11.6 Å². The minimum atomic E-state index is -0.831. The Bertz CT molecular complexity index is 1040. The van der Waals surface area contributed by atoms with Crippen LogP contribution in [0.25, 0.3) is 23.3 Å². The molecule has 0 unspecified atom stereocenters. The molecule has 0 aliphatic carbocycles. The molecule has 0 bridgehead atoms. The lowest BCUT2D eigenvalue weighted by atomic mass is 10.2. The minimum absolute atomic E-state index is 0.0375. The summed E-state index contributed by atoms with van der Waals surface area (Å²) in [7, 11) is 0. The second-order valence-corrected chi connectivity index (χ2v) is 6.32. The summed E-state index contributed by atoms with van der Waals surface area (Å²) in [4.78, 5) is 23.2. The summed E-state index contributed by atoms with van der Waals surface area (Å²) in [5.74, 6) is 0.401. The Hall–Kier alpha value is -3.01. The van der Waals surface area contributed by atoms with Gasteiger partial charge in [-0.2, -0.15) is 4.98 Å². The van der Waals surface area contributed by atoms with Crippen LogP contribution in [0.2, 0.25) is 0 Å². The number of fused-ring (bicyclic) bond motifs is 1. The van der Waals surface area contributed by atoms with Crippen LogP contribution in [0.15, 0.2) is 35.1 Å². The number of benzene rings is 1. The van der Waals surface area contributed by atoms with Gasteiger partial charge in [0.05, 0.1) is 12.7 Å². The number of rotatable bonds is 4. The Morgan fingerprint density at radius 2 is 2.07 bits per heavy atom.